The van der Waals surface area contributed by atoms with Gasteiger partial charge >= 0.3 is 17.1 Å². The monoisotopic (exact) mass is 453 g/mol. The van der Waals surface area contributed by atoms with Crippen molar-refractivity contribution in [3.8, 4) is 5.69 Å². The van der Waals surface area contributed by atoms with Crippen molar-refractivity contribution in [1.29, 1.82) is 0 Å². The number of hydrogen-bond donors (Lipinski definition) is 1. The van der Waals surface area contributed by atoms with Crippen molar-refractivity contribution >= 4 is 22.8 Å². The van der Waals surface area contributed by atoms with Crippen LogP contribution in [0.2, 0.25) is 0 Å². The van der Waals surface area contributed by atoms with Crippen LogP contribution < -0.4 is 4.85 Å². The predicted octanol–water partition coefficient (Wildman–Crippen LogP) is -0.765. The molecule has 20 nitrogen and oxygen atoms in total. The van der Waals surface area contributed by atoms with Crippen molar-refractivity contribution in [3.63, 3.8) is 0 Å². The van der Waals surface area contributed by atoms with Gasteiger partial charge in [-0.15, -0.1) is 4.85 Å². The highest BCUT2D eigenvalue weighted by Crippen LogP contribution is 2.37. The fourth-order valence-corrected chi connectivity index (χ4v) is 2.83. The Hall–Kier alpha value is -5.27. The minimum atomic E-state index is -2.40. The van der Waals surface area contributed by atoms with Crippen LogP contribution in [0.4, 0.5) is 17.1 Å². The van der Waals surface area contributed by atoms with Crippen molar-refractivity contribution in [2.45, 2.75) is 6.10 Å². The maximum atomic E-state index is 12.7. The third kappa shape index (κ3) is 3.13. The molecule has 1 aliphatic rings. The largest absolute Gasteiger partial charge is 0.692 e. The Morgan fingerprint density at radius 3 is 1.84 bits per heavy atom. The van der Waals surface area contributed by atoms with Gasteiger partial charge in [0, 0.05) is 4.80 Å². The van der Waals surface area contributed by atoms with Crippen LogP contribution in [0.5, 0.6) is 0 Å². The lowest BCUT2D eigenvalue weighted by molar-refractivity contribution is -0.700. The van der Waals surface area contributed by atoms with Gasteiger partial charge < -0.3 is 20.7 Å². The van der Waals surface area contributed by atoms with E-state index in [9.17, 15) is 61.2 Å². The molecule has 20 heteroatoms. The van der Waals surface area contributed by atoms with Gasteiger partial charge in [-0.25, -0.2) is 0 Å². The molecule has 0 bridgehead atoms. The highest BCUT2D eigenvalue weighted by atomic mass is 16.8. The number of fused-ring (bicyclic) bond motifs is 1. The van der Waals surface area contributed by atoms with Gasteiger partial charge in [-0.05, 0) is 0 Å². The van der Waals surface area contributed by atoms with Crippen molar-refractivity contribution < 1.29 is 34.5 Å². The topological polar surface area (TPSA) is 287 Å². The van der Waals surface area contributed by atoms with E-state index in [0.29, 0.717) is 6.08 Å². The molecule has 3 rings (SSSR count). The molecule has 1 heterocycles. The molecule has 1 atom stereocenters. The first-order valence-corrected chi connectivity index (χ1v) is 7.76. The number of rotatable bonds is 5. The van der Waals surface area contributed by atoms with E-state index in [1.807, 2.05) is 0 Å². The van der Waals surface area contributed by atoms with E-state index >= 15 is 0 Å². The Morgan fingerprint density at radius 1 is 0.906 bits per heavy atom. The Morgan fingerprint density at radius 2 is 1.44 bits per heavy atom. The fraction of sp³-hybridized carbons (Fsp3) is 0.0833. The summed E-state index contributed by atoms with van der Waals surface area (Å²) in [7, 11) is 0. The van der Waals surface area contributed by atoms with Crippen molar-refractivity contribution in [1.82, 2.24) is 9.90 Å². The van der Waals surface area contributed by atoms with Gasteiger partial charge in [-0.1, -0.05) is 0 Å². The number of nitro benzene ring substituents is 3. The number of non-ortho nitro benzene ring substituents is 1. The normalized spacial score (nSPS) is 15.0. The van der Waals surface area contributed by atoms with Gasteiger partial charge in [0.2, 0.25) is 11.8 Å². The summed E-state index contributed by atoms with van der Waals surface area (Å²) in [5.74, 6) is 0. The minimum Gasteiger partial charge on any atom is -0.692 e. The van der Waals surface area contributed by atoms with Crippen LogP contribution in [0.15, 0.2) is 23.9 Å². The summed E-state index contributed by atoms with van der Waals surface area (Å²) in [5.41, 5.74) is -9.49. The lowest BCUT2D eigenvalue weighted by atomic mass is 10.0. The molecule has 0 radical (unpaired) electrons. The molecule has 166 valence electrons. The smallest absolute Gasteiger partial charge is 0.322 e. The molecule has 2 aromatic rings. The van der Waals surface area contributed by atoms with Crippen LogP contribution in [-0.2, 0) is 0 Å². The molecule has 0 saturated carbocycles. The van der Waals surface area contributed by atoms with E-state index in [1.165, 1.54) is 0 Å². The molecule has 0 fully saturated rings. The van der Waals surface area contributed by atoms with Crippen LogP contribution in [0.1, 0.15) is 17.5 Å². The summed E-state index contributed by atoms with van der Waals surface area (Å²) in [6.07, 6.45) is -2.10. The van der Waals surface area contributed by atoms with Crippen molar-refractivity contribution in [2.75, 3.05) is 0 Å². The highest BCUT2D eigenvalue weighted by Gasteiger charge is 2.48. The van der Waals surface area contributed by atoms with Crippen molar-refractivity contribution in [3.05, 3.63) is 91.4 Å². The molecular formula is C12H5N8O12-. The Balaban J connectivity index is 2.44. The molecule has 0 aliphatic heterocycles. The van der Waals surface area contributed by atoms with Gasteiger partial charge in [0.25, 0.3) is 22.8 Å². The molecule has 0 saturated heterocycles. The first-order valence-electron chi connectivity index (χ1n) is 7.76. The number of allylic oxidation sites excluding steroid dienone is 1. The average Bonchev–Trinajstić information content (AvgIpc) is 3.03. The number of aromatic nitrogens is 3. The Bertz CT molecular complexity index is 1250. The van der Waals surface area contributed by atoms with Crippen LogP contribution >= 0.6 is 0 Å². The summed E-state index contributed by atoms with van der Waals surface area (Å²) in [6.45, 7) is 0. The zero-order valence-electron chi connectivity index (χ0n) is 14.8. The second-order valence-electron chi connectivity index (χ2n) is 5.87. The molecule has 0 amide bonds. The average molecular weight is 453 g/mol. The molecule has 32 heavy (non-hydrogen) atoms. The molecule has 1 aromatic heterocycles. The van der Waals surface area contributed by atoms with Crippen LogP contribution in [0.3, 0.4) is 0 Å². The highest BCUT2D eigenvalue weighted by molar-refractivity contribution is 6.06. The number of nitrogens with zero attached hydrogens (tertiary/aromatic N) is 8. The third-order valence-corrected chi connectivity index (χ3v) is 4.15. The first kappa shape index (κ1) is 21.4. The lowest BCUT2D eigenvalue weighted by Gasteiger charge is -2.14. The van der Waals surface area contributed by atoms with Gasteiger partial charge in [0.05, 0.1) is 43.0 Å². The number of aliphatic hydroxyl groups excluding tert-OH is 1. The summed E-state index contributed by atoms with van der Waals surface area (Å²) < 4.78 is 0. The number of benzene rings is 1. The Labute approximate surface area is 171 Å². The number of nitro groups is 4. The minimum absolute atomic E-state index is 0.131. The Kier molecular flexibility index (Phi) is 4.83. The van der Waals surface area contributed by atoms with Gasteiger partial charge in [-0.3, -0.25) is 40.5 Å². The van der Waals surface area contributed by atoms with E-state index in [1.54, 1.807) is 0 Å². The van der Waals surface area contributed by atoms with Crippen molar-refractivity contribution in [2.24, 2.45) is 0 Å². The van der Waals surface area contributed by atoms with E-state index in [0.717, 1.165) is 0 Å². The SMILES string of the molecule is O=[N+]([O-])C1=CC(=[N+]([O-])[O-])c2nn(-c3c([N+](=O)[O-])cc([N+](=O)[O-])cc3[N+](=O)[O-])[n+]([O-])c2C1O. The van der Waals surface area contributed by atoms with E-state index in [2.05, 4.69) is 5.10 Å². The molecular weight excluding hydrogens is 448 g/mol. The number of aliphatic hydroxyl groups is 1. The van der Waals surface area contributed by atoms with Crippen LogP contribution in [0, 0.1) is 56.1 Å². The second-order valence-corrected chi connectivity index (χ2v) is 5.87. The van der Waals surface area contributed by atoms with Crippen LogP contribution in [-0.4, -0.2) is 45.3 Å². The second kappa shape index (κ2) is 7.21. The van der Waals surface area contributed by atoms with Gasteiger partial charge in [0.1, 0.15) is 0 Å². The molecule has 1 N–H and O–H groups in total. The van der Waals surface area contributed by atoms with Gasteiger partial charge in [0.15, 0.2) is 0 Å². The maximum absolute atomic E-state index is 12.7. The predicted molar refractivity (Wildman–Crippen MR) is 93.6 cm³/mol. The number of hydrogen-bond acceptors (Lipinski definition) is 13. The summed E-state index contributed by atoms with van der Waals surface area (Å²) in [5, 5.41) is 93.7. The van der Waals surface area contributed by atoms with Crippen LogP contribution in [0.25, 0.3) is 5.69 Å². The zero-order valence-corrected chi connectivity index (χ0v) is 14.8. The molecule has 1 aromatic carbocycles. The van der Waals surface area contributed by atoms with Gasteiger partial charge in [-0.2, -0.15) is 4.90 Å². The molecule has 1 aliphatic carbocycles. The van der Waals surface area contributed by atoms with E-state index in [4.69, 9.17) is 0 Å². The standard InChI is InChI=1S/C12H5N8O12/c21-12-8(20(31)32)3-5(17(25)26)9-11(12)15(22)14(13-9)10-6(18(27)28)1-4(16(23)24)2-7(10)19(29)30/h1-3,12,21H/q-1. The summed E-state index contributed by atoms with van der Waals surface area (Å²) >= 11 is 0. The summed E-state index contributed by atoms with van der Waals surface area (Å²) in [6, 6.07) is 0.552. The summed E-state index contributed by atoms with van der Waals surface area (Å²) in [4.78, 5) is 38.0. The zero-order chi connectivity index (χ0) is 24.1. The quantitative estimate of drug-likeness (QED) is 0.252. The van der Waals surface area contributed by atoms with E-state index in [-0.39, 0.29) is 16.9 Å². The molecule has 0 spiro atoms. The lowest BCUT2D eigenvalue weighted by Crippen LogP contribution is -2.43. The maximum Gasteiger partial charge on any atom is 0.322 e. The fourth-order valence-electron chi connectivity index (χ4n) is 2.83. The first-order chi connectivity index (χ1) is 14.9. The van der Waals surface area contributed by atoms with E-state index < -0.39 is 81.1 Å². The molecule has 1 unspecified atom stereocenters. The third-order valence-electron chi connectivity index (χ3n) is 4.15.